The lowest BCUT2D eigenvalue weighted by Crippen LogP contribution is -2.22. The number of nitrogens with zero attached hydrogens (tertiary/aromatic N) is 4. The molecule has 1 amide bonds. The molecule has 1 aromatic carbocycles. The summed E-state index contributed by atoms with van der Waals surface area (Å²) in [4.78, 5) is 13.4. The Balaban J connectivity index is 1.85. The number of hydrogen-bond donors (Lipinski definition) is 0. The first-order valence-corrected chi connectivity index (χ1v) is 7.31. The van der Waals surface area contributed by atoms with Crippen molar-refractivity contribution in [3.05, 3.63) is 46.8 Å². The molecule has 0 aliphatic heterocycles. The zero-order valence-electron chi connectivity index (χ0n) is 12.7. The van der Waals surface area contributed by atoms with Gasteiger partial charge in [0.05, 0.1) is 12.2 Å². The smallest absolute Gasteiger partial charge is 0.275 e. The summed E-state index contributed by atoms with van der Waals surface area (Å²) in [5.41, 5.74) is 4.51. The molecule has 0 saturated heterocycles. The molecule has 0 bridgehead atoms. The van der Waals surface area contributed by atoms with E-state index in [1.165, 1.54) is 34.4 Å². The van der Waals surface area contributed by atoms with E-state index in [-0.39, 0.29) is 11.9 Å². The van der Waals surface area contributed by atoms with E-state index >= 15 is 0 Å². The van der Waals surface area contributed by atoms with Crippen LogP contribution >= 0.6 is 0 Å². The van der Waals surface area contributed by atoms with Gasteiger partial charge in [-0.15, -0.1) is 5.10 Å². The monoisotopic (exact) mass is 284 g/mol. The van der Waals surface area contributed by atoms with Gasteiger partial charge in [0.15, 0.2) is 5.69 Å². The third kappa shape index (κ3) is 2.55. The molecular weight excluding hydrogens is 264 g/mol. The summed E-state index contributed by atoms with van der Waals surface area (Å²) in [5.74, 6) is -0.123. The summed E-state index contributed by atoms with van der Waals surface area (Å²) < 4.78 is 1.76. The molecule has 1 unspecified atom stereocenters. The standard InChI is InChI=1S/C16H20N4O/c1-11(13-8-7-12-5-4-6-14(12)9-13)20-10-15(17-18-20)16(21)19(2)3/h7-11H,4-6H2,1-3H3. The van der Waals surface area contributed by atoms with Crippen LogP contribution in [-0.2, 0) is 12.8 Å². The predicted molar refractivity (Wildman–Crippen MR) is 80.3 cm³/mol. The fraction of sp³-hybridized carbons (Fsp3) is 0.438. The van der Waals surface area contributed by atoms with E-state index in [4.69, 9.17) is 0 Å². The maximum Gasteiger partial charge on any atom is 0.275 e. The maximum atomic E-state index is 11.9. The molecule has 0 saturated carbocycles. The summed E-state index contributed by atoms with van der Waals surface area (Å²) in [6.45, 7) is 2.08. The van der Waals surface area contributed by atoms with Crippen LogP contribution in [-0.4, -0.2) is 39.9 Å². The van der Waals surface area contributed by atoms with Gasteiger partial charge in [0.25, 0.3) is 5.91 Å². The van der Waals surface area contributed by atoms with Gasteiger partial charge in [-0.3, -0.25) is 4.79 Å². The highest BCUT2D eigenvalue weighted by molar-refractivity contribution is 5.91. The summed E-state index contributed by atoms with van der Waals surface area (Å²) in [6.07, 6.45) is 5.32. The lowest BCUT2D eigenvalue weighted by molar-refractivity contribution is 0.0822. The highest BCUT2D eigenvalue weighted by atomic mass is 16.2. The molecule has 1 aliphatic carbocycles. The lowest BCUT2D eigenvalue weighted by Gasteiger charge is -2.13. The number of aryl methyl sites for hydroxylation is 2. The summed E-state index contributed by atoms with van der Waals surface area (Å²) in [5, 5.41) is 8.09. The zero-order valence-corrected chi connectivity index (χ0v) is 12.7. The number of carbonyl (C=O) groups excluding carboxylic acids is 1. The first kappa shape index (κ1) is 13.8. The fourth-order valence-electron chi connectivity index (χ4n) is 2.80. The van der Waals surface area contributed by atoms with E-state index in [1.54, 1.807) is 25.0 Å². The quantitative estimate of drug-likeness (QED) is 0.867. The van der Waals surface area contributed by atoms with E-state index in [1.807, 2.05) is 0 Å². The fourth-order valence-corrected chi connectivity index (χ4v) is 2.80. The predicted octanol–water partition coefficient (Wildman–Crippen LogP) is 2.08. The molecule has 110 valence electrons. The van der Waals surface area contributed by atoms with Crippen molar-refractivity contribution >= 4 is 5.91 Å². The molecule has 21 heavy (non-hydrogen) atoms. The van der Waals surface area contributed by atoms with Crippen LogP contribution in [0.4, 0.5) is 0 Å². The van der Waals surface area contributed by atoms with Crippen molar-refractivity contribution in [2.45, 2.75) is 32.2 Å². The molecular formula is C16H20N4O. The van der Waals surface area contributed by atoms with Crippen LogP contribution < -0.4 is 0 Å². The molecule has 5 heteroatoms. The van der Waals surface area contributed by atoms with Crippen LogP contribution in [0.25, 0.3) is 0 Å². The normalized spacial score (nSPS) is 14.8. The lowest BCUT2D eigenvalue weighted by atomic mass is 10.0. The maximum absolute atomic E-state index is 11.9. The van der Waals surface area contributed by atoms with Crippen LogP contribution in [0.5, 0.6) is 0 Å². The Kier molecular flexibility index (Phi) is 3.49. The van der Waals surface area contributed by atoms with Crippen molar-refractivity contribution in [3.8, 4) is 0 Å². The Morgan fingerprint density at radius 1 is 1.29 bits per heavy atom. The van der Waals surface area contributed by atoms with Crippen LogP contribution in [0, 0.1) is 0 Å². The van der Waals surface area contributed by atoms with Crippen molar-refractivity contribution in [2.75, 3.05) is 14.1 Å². The number of hydrogen-bond acceptors (Lipinski definition) is 3. The van der Waals surface area contributed by atoms with E-state index in [0.717, 1.165) is 6.42 Å². The van der Waals surface area contributed by atoms with Crippen molar-refractivity contribution in [3.63, 3.8) is 0 Å². The second-order valence-electron chi connectivity index (χ2n) is 5.84. The number of benzene rings is 1. The highest BCUT2D eigenvalue weighted by Crippen LogP contribution is 2.26. The molecule has 1 heterocycles. The van der Waals surface area contributed by atoms with Gasteiger partial charge in [-0.2, -0.15) is 0 Å². The molecule has 2 aromatic rings. The molecule has 1 aromatic heterocycles. The topological polar surface area (TPSA) is 51.0 Å². The third-order valence-electron chi connectivity index (χ3n) is 4.14. The highest BCUT2D eigenvalue weighted by Gasteiger charge is 2.18. The summed E-state index contributed by atoms with van der Waals surface area (Å²) in [6, 6.07) is 6.72. The van der Waals surface area contributed by atoms with Crippen molar-refractivity contribution in [1.29, 1.82) is 0 Å². The number of carbonyl (C=O) groups is 1. The zero-order chi connectivity index (χ0) is 15.0. The van der Waals surface area contributed by atoms with Gasteiger partial charge in [0.2, 0.25) is 0 Å². The molecule has 0 spiro atoms. The minimum Gasteiger partial charge on any atom is -0.343 e. The average Bonchev–Trinajstić information content (AvgIpc) is 3.13. The second-order valence-corrected chi connectivity index (χ2v) is 5.84. The van der Waals surface area contributed by atoms with Gasteiger partial charge < -0.3 is 4.90 Å². The Hall–Kier alpha value is -2.17. The minimum atomic E-state index is -0.123. The van der Waals surface area contributed by atoms with Gasteiger partial charge in [-0.1, -0.05) is 23.4 Å². The van der Waals surface area contributed by atoms with Gasteiger partial charge >= 0.3 is 0 Å². The van der Waals surface area contributed by atoms with Gasteiger partial charge in [0.1, 0.15) is 0 Å². The summed E-state index contributed by atoms with van der Waals surface area (Å²) >= 11 is 0. The first-order chi connectivity index (χ1) is 10.1. The molecule has 0 radical (unpaired) electrons. The van der Waals surface area contributed by atoms with Gasteiger partial charge in [-0.25, -0.2) is 4.68 Å². The Bertz CT molecular complexity index is 675. The molecule has 0 N–H and O–H groups in total. The number of amides is 1. The van der Waals surface area contributed by atoms with Crippen LogP contribution in [0.15, 0.2) is 24.4 Å². The molecule has 3 rings (SSSR count). The third-order valence-corrected chi connectivity index (χ3v) is 4.14. The van der Waals surface area contributed by atoms with Crippen molar-refractivity contribution in [1.82, 2.24) is 19.9 Å². The van der Waals surface area contributed by atoms with Gasteiger partial charge in [-0.05, 0) is 42.9 Å². The number of aromatic nitrogens is 3. The molecule has 1 atom stereocenters. The molecule has 5 nitrogen and oxygen atoms in total. The molecule has 0 fully saturated rings. The van der Waals surface area contributed by atoms with E-state index in [9.17, 15) is 4.79 Å². The van der Waals surface area contributed by atoms with Crippen LogP contribution in [0.3, 0.4) is 0 Å². The number of fused-ring (bicyclic) bond motifs is 1. The Labute approximate surface area is 124 Å². The SMILES string of the molecule is CC(c1ccc2c(c1)CCC2)n1cc(C(=O)N(C)C)nn1. The average molecular weight is 284 g/mol. The summed E-state index contributed by atoms with van der Waals surface area (Å²) in [7, 11) is 3.43. The van der Waals surface area contributed by atoms with Crippen molar-refractivity contribution in [2.24, 2.45) is 0 Å². The van der Waals surface area contributed by atoms with Crippen LogP contribution in [0.1, 0.15) is 46.6 Å². The largest absolute Gasteiger partial charge is 0.343 e. The number of rotatable bonds is 3. The Morgan fingerprint density at radius 3 is 2.81 bits per heavy atom. The van der Waals surface area contributed by atoms with Gasteiger partial charge in [0, 0.05) is 14.1 Å². The minimum absolute atomic E-state index is 0.0760. The first-order valence-electron chi connectivity index (χ1n) is 7.31. The van der Waals surface area contributed by atoms with E-state index in [0.29, 0.717) is 5.69 Å². The van der Waals surface area contributed by atoms with E-state index in [2.05, 4.69) is 35.4 Å². The second kappa shape index (κ2) is 5.31. The van der Waals surface area contributed by atoms with Crippen molar-refractivity contribution < 1.29 is 4.79 Å². The Morgan fingerprint density at radius 2 is 2.05 bits per heavy atom. The van der Waals surface area contributed by atoms with E-state index < -0.39 is 0 Å². The van der Waals surface area contributed by atoms with Crippen LogP contribution in [0.2, 0.25) is 0 Å². The molecule has 1 aliphatic rings.